The van der Waals surface area contributed by atoms with Crippen molar-refractivity contribution in [3.8, 4) is 0 Å². The zero-order valence-corrected chi connectivity index (χ0v) is 17.7. The number of benzene rings is 1. The molecule has 1 atom stereocenters. The zero-order valence-electron chi connectivity index (χ0n) is 17.7. The summed E-state index contributed by atoms with van der Waals surface area (Å²) in [5.74, 6) is 3.38. The number of rotatable bonds is 5. The molecule has 158 valence electrons. The van der Waals surface area contributed by atoms with Crippen LogP contribution in [0.2, 0.25) is 0 Å². The molecular weight excluding hydrogens is 360 g/mol. The number of carbonyl (C=O) groups is 1. The molecule has 5 fully saturated rings. The predicted molar refractivity (Wildman–Crippen MR) is 117 cm³/mol. The maximum absolute atomic E-state index is 12.6. The maximum Gasteiger partial charge on any atom is 0.315 e. The van der Waals surface area contributed by atoms with Crippen LogP contribution in [0.4, 0.5) is 10.5 Å². The van der Waals surface area contributed by atoms with Crippen molar-refractivity contribution < 1.29 is 4.79 Å². The summed E-state index contributed by atoms with van der Waals surface area (Å²) in [6, 6.07) is 11.5. The molecule has 4 aliphatic carbocycles. The predicted octanol–water partition coefficient (Wildman–Crippen LogP) is 3.32. The Kier molecular flexibility index (Phi) is 5.42. The summed E-state index contributed by atoms with van der Waals surface area (Å²) in [6.45, 7) is 7.16. The van der Waals surface area contributed by atoms with Crippen molar-refractivity contribution in [2.45, 2.75) is 51.1 Å². The number of carbonyl (C=O) groups excluding carboxylic acids is 1. The molecule has 4 bridgehead atoms. The summed E-state index contributed by atoms with van der Waals surface area (Å²) in [5, 5.41) is 6.55. The molecule has 1 aliphatic heterocycles. The van der Waals surface area contributed by atoms with E-state index in [1.165, 1.54) is 37.8 Å². The van der Waals surface area contributed by atoms with E-state index in [2.05, 4.69) is 57.7 Å². The summed E-state index contributed by atoms with van der Waals surface area (Å²) in [7, 11) is 0. The van der Waals surface area contributed by atoms with E-state index in [0.717, 1.165) is 56.4 Å². The quantitative estimate of drug-likeness (QED) is 0.803. The number of para-hydroxylation sites is 1. The molecule has 5 heteroatoms. The Hall–Kier alpha value is -1.75. The van der Waals surface area contributed by atoms with E-state index in [9.17, 15) is 4.79 Å². The normalized spacial score (nSPS) is 34.8. The summed E-state index contributed by atoms with van der Waals surface area (Å²) in [6.07, 6.45) is 6.85. The zero-order chi connectivity index (χ0) is 19.8. The third kappa shape index (κ3) is 4.11. The molecule has 29 heavy (non-hydrogen) atoms. The van der Waals surface area contributed by atoms with E-state index >= 15 is 0 Å². The first kappa shape index (κ1) is 19.2. The minimum absolute atomic E-state index is 0.0530. The van der Waals surface area contributed by atoms with Crippen molar-refractivity contribution in [2.75, 3.05) is 37.6 Å². The fourth-order valence-electron chi connectivity index (χ4n) is 6.79. The van der Waals surface area contributed by atoms with Gasteiger partial charge in [-0.25, -0.2) is 4.79 Å². The SMILES string of the molecule is CC(CNC(=O)NC1C2CC3CC(C2)CC1C3)N1CCN(c2ccccc2)CC1. The molecule has 0 spiro atoms. The van der Waals surface area contributed by atoms with Crippen LogP contribution in [0.25, 0.3) is 0 Å². The van der Waals surface area contributed by atoms with Crippen molar-refractivity contribution in [1.29, 1.82) is 0 Å². The first-order valence-electron chi connectivity index (χ1n) is 11.7. The van der Waals surface area contributed by atoms with E-state index in [0.29, 0.717) is 12.1 Å². The number of amides is 2. The summed E-state index contributed by atoms with van der Waals surface area (Å²) < 4.78 is 0. The lowest BCUT2D eigenvalue weighted by Gasteiger charge is -2.54. The maximum atomic E-state index is 12.6. The highest BCUT2D eigenvalue weighted by Gasteiger charge is 2.48. The highest BCUT2D eigenvalue weighted by molar-refractivity contribution is 5.74. The lowest BCUT2D eigenvalue weighted by molar-refractivity contribution is -0.00946. The number of hydrogen-bond donors (Lipinski definition) is 2. The number of hydrogen-bond acceptors (Lipinski definition) is 3. The second-order valence-electron chi connectivity index (χ2n) is 10.0. The number of nitrogens with one attached hydrogen (secondary N) is 2. The Labute approximate surface area is 175 Å². The van der Waals surface area contributed by atoms with Crippen LogP contribution in [0.15, 0.2) is 30.3 Å². The smallest absolute Gasteiger partial charge is 0.315 e. The van der Waals surface area contributed by atoms with Crippen molar-refractivity contribution in [3.63, 3.8) is 0 Å². The molecular formula is C24H36N4O. The van der Waals surface area contributed by atoms with Crippen LogP contribution >= 0.6 is 0 Å². The van der Waals surface area contributed by atoms with Crippen LogP contribution in [-0.4, -0.2) is 55.7 Å². The standard InChI is InChI=1S/C24H36N4O/c1-17(27-7-9-28(10-8-27)22-5-3-2-4-6-22)16-25-24(29)26-23-20-12-18-11-19(14-20)15-21(23)13-18/h2-6,17-21,23H,7-16H2,1H3,(H2,25,26,29). The van der Waals surface area contributed by atoms with Gasteiger partial charge in [-0.2, -0.15) is 0 Å². The van der Waals surface area contributed by atoms with Crippen LogP contribution in [0, 0.1) is 23.7 Å². The second kappa shape index (κ2) is 8.17. The van der Waals surface area contributed by atoms with Crippen LogP contribution in [0.1, 0.15) is 39.0 Å². The molecule has 4 saturated carbocycles. The van der Waals surface area contributed by atoms with E-state index in [4.69, 9.17) is 0 Å². The van der Waals surface area contributed by atoms with Gasteiger partial charge in [-0.05, 0) is 74.8 Å². The average molecular weight is 397 g/mol. The van der Waals surface area contributed by atoms with Crippen molar-refractivity contribution in [3.05, 3.63) is 30.3 Å². The summed E-state index contributed by atoms with van der Waals surface area (Å²) in [5.41, 5.74) is 1.31. The number of piperazine rings is 1. The molecule has 2 amide bonds. The number of nitrogens with zero attached hydrogens (tertiary/aromatic N) is 2. The molecule has 1 saturated heterocycles. The molecule has 1 aromatic rings. The second-order valence-corrected chi connectivity index (χ2v) is 10.0. The van der Waals surface area contributed by atoms with Crippen molar-refractivity contribution in [2.24, 2.45) is 23.7 Å². The molecule has 5 aliphatic rings. The molecule has 6 rings (SSSR count). The Bertz CT molecular complexity index is 672. The van der Waals surface area contributed by atoms with Crippen molar-refractivity contribution >= 4 is 11.7 Å². The van der Waals surface area contributed by atoms with Crippen LogP contribution in [0.5, 0.6) is 0 Å². The fraction of sp³-hybridized carbons (Fsp3) is 0.708. The van der Waals surface area contributed by atoms with Gasteiger partial charge >= 0.3 is 6.03 Å². The lowest BCUT2D eigenvalue weighted by Crippen LogP contribution is -2.58. The molecule has 1 heterocycles. The van der Waals surface area contributed by atoms with Gasteiger partial charge in [0.15, 0.2) is 0 Å². The number of urea groups is 1. The van der Waals surface area contributed by atoms with E-state index in [1.54, 1.807) is 0 Å². The molecule has 1 aromatic carbocycles. The summed E-state index contributed by atoms with van der Waals surface area (Å²) >= 11 is 0. The van der Waals surface area contributed by atoms with Gasteiger partial charge < -0.3 is 15.5 Å². The first-order chi connectivity index (χ1) is 14.2. The van der Waals surface area contributed by atoms with Gasteiger partial charge in [0, 0.05) is 50.5 Å². The molecule has 2 N–H and O–H groups in total. The summed E-state index contributed by atoms with van der Waals surface area (Å²) in [4.78, 5) is 17.6. The van der Waals surface area contributed by atoms with Gasteiger partial charge in [0.25, 0.3) is 0 Å². The van der Waals surface area contributed by atoms with E-state index in [-0.39, 0.29) is 6.03 Å². The van der Waals surface area contributed by atoms with Crippen LogP contribution in [0.3, 0.4) is 0 Å². The topological polar surface area (TPSA) is 47.6 Å². The van der Waals surface area contributed by atoms with E-state index < -0.39 is 0 Å². The number of anilines is 1. The third-order valence-corrected chi connectivity index (χ3v) is 8.14. The fourth-order valence-corrected chi connectivity index (χ4v) is 6.79. The van der Waals surface area contributed by atoms with Crippen molar-refractivity contribution in [1.82, 2.24) is 15.5 Å². The largest absolute Gasteiger partial charge is 0.369 e. The molecule has 5 nitrogen and oxygen atoms in total. The van der Waals surface area contributed by atoms with Crippen LogP contribution in [-0.2, 0) is 0 Å². The highest BCUT2D eigenvalue weighted by Crippen LogP contribution is 2.53. The monoisotopic (exact) mass is 396 g/mol. The average Bonchev–Trinajstić information content (AvgIpc) is 2.75. The molecule has 1 unspecified atom stereocenters. The van der Waals surface area contributed by atoms with Gasteiger partial charge in [0.05, 0.1) is 0 Å². The highest BCUT2D eigenvalue weighted by atomic mass is 16.2. The van der Waals surface area contributed by atoms with E-state index in [1.807, 2.05) is 0 Å². The Morgan fingerprint density at radius 3 is 2.21 bits per heavy atom. The van der Waals surface area contributed by atoms with Gasteiger partial charge in [-0.1, -0.05) is 18.2 Å². The van der Waals surface area contributed by atoms with Gasteiger partial charge in [-0.15, -0.1) is 0 Å². The lowest BCUT2D eigenvalue weighted by atomic mass is 9.54. The first-order valence-corrected chi connectivity index (χ1v) is 11.7. The van der Waals surface area contributed by atoms with Crippen LogP contribution < -0.4 is 15.5 Å². The van der Waals surface area contributed by atoms with Gasteiger partial charge in [0.2, 0.25) is 0 Å². The molecule has 0 radical (unpaired) electrons. The molecule has 0 aromatic heterocycles. The Morgan fingerprint density at radius 2 is 1.59 bits per heavy atom. The minimum Gasteiger partial charge on any atom is -0.369 e. The Balaban J connectivity index is 1.06. The van der Waals surface area contributed by atoms with Gasteiger partial charge in [-0.3, -0.25) is 4.90 Å². The Morgan fingerprint density at radius 1 is 0.966 bits per heavy atom. The minimum atomic E-state index is 0.0530. The van der Waals surface area contributed by atoms with Gasteiger partial charge in [0.1, 0.15) is 0 Å². The third-order valence-electron chi connectivity index (χ3n) is 8.14.